The van der Waals surface area contributed by atoms with E-state index in [1.54, 1.807) is 18.2 Å². The Morgan fingerprint density at radius 1 is 1.28 bits per heavy atom. The van der Waals surface area contributed by atoms with E-state index < -0.39 is 10.8 Å². The smallest absolute Gasteiger partial charge is 0.307 e. The van der Waals surface area contributed by atoms with Gasteiger partial charge in [0, 0.05) is 17.7 Å². The van der Waals surface area contributed by atoms with Crippen LogP contribution in [-0.2, 0) is 0 Å². The molecule has 0 saturated carbocycles. The van der Waals surface area contributed by atoms with Crippen molar-refractivity contribution in [2.24, 2.45) is 5.10 Å². The molecule has 8 nitrogen and oxygen atoms in total. The Labute approximate surface area is 145 Å². The maximum atomic E-state index is 11.6. The Balaban J connectivity index is 1.74. The summed E-state index contributed by atoms with van der Waals surface area (Å²) in [6.07, 6.45) is 2.66. The highest BCUT2D eigenvalue weighted by molar-refractivity contribution is 6.33. The first-order valence-corrected chi connectivity index (χ1v) is 7.33. The fourth-order valence-corrected chi connectivity index (χ4v) is 2.21. The normalized spacial score (nSPS) is 10.9. The minimum Gasteiger partial charge on any atom is -0.459 e. The number of nitro benzene ring substituents is 1. The molecule has 0 radical (unpaired) electrons. The number of nitrogens with one attached hydrogen (secondary N) is 1. The van der Waals surface area contributed by atoms with Crippen molar-refractivity contribution in [3.63, 3.8) is 0 Å². The van der Waals surface area contributed by atoms with Crippen LogP contribution in [0.5, 0.6) is 0 Å². The summed E-state index contributed by atoms with van der Waals surface area (Å²) in [7, 11) is 0. The lowest BCUT2D eigenvalue weighted by atomic mass is 10.1. The van der Waals surface area contributed by atoms with Gasteiger partial charge in [-0.1, -0.05) is 11.6 Å². The number of nitro groups is 1. The quantitative estimate of drug-likeness (QED) is 0.422. The van der Waals surface area contributed by atoms with Gasteiger partial charge in [-0.25, -0.2) is 5.43 Å². The second-order valence-electron chi connectivity index (χ2n) is 4.80. The van der Waals surface area contributed by atoms with Crippen LogP contribution in [0.2, 0.25) is 5.02 Å². The molecule has 0 atom stereocenters. The summed E-state index contributed by atoms with van der Waals surface area (Å²) in [6.45, 7) is 0. The molecule has 9 heteroatoms. The van der Waals surface area contributed by atoms with Crippen LogP contribution in [0.1, 0.15) is 16.3 Å². The van der Waals surface area contributed by atoms with Crippen LogP contribution in [0.25, 0.3) is 11.3 Å². The van der Waals surface area contributed by atoms with Gasteiger partial charge in [0.2, 0.25) is 0 Å². The maximum Gasteiger partial charge on any atom is 0.307 e. The third-order valence-corrected chi connectivity index (χ3v) is 3.49. The number of hydrogen-bond acceptors (Lipinski definition) is 6. The van der Waals surface area contributed by atoms with Crippen LogP contribution in [0.3, 0.4) is 0 Å². The van der Waals surface area contributed by atoms with E-state index in [0.717, 1.165) is 0 Å². The molecule has 1 aromatic carbocycles. The molecule has 0 unspecified atom stereocenters. The Morgan fingerprint density at radius 2 is 2.12 bits per heavy atom. The van der Waals surface area contributed by atoms with Crippen molar-refractivity contribution < 1.29 is 18.6 Å². The van der Waals surface area contributed by atoms with Gasteiger partial charge >= 0.3 is 5.91 Å². The van der Waals surface area contributed by atoms with E-state index in [9.17, 15) is 14.9 Å². The molecular formula is C16H10ClN3O5. The number of hydrazone groups is 1. The number of halogens is 1. The standard InChI is InChI=1S/C16H10ClN3O5/c17-13-5-3-10(20(22)23)8-12(13)14-6-4-11(25-14)9-18-19-16(21)15-2-1-7-24-15/h1-9H,(H,19,21)/b18-9-. The topological polar surface area (TPSA) is 111 Å². The fraction of sp³-hybridized carbons (Fsp3) is 0. The Hall–Kier alpha value is -3.39. The van der Waals surface area contributed by atoms with E-state index >= 15 is 0 Å². The van der Waals surface area contributed by atoms with Crippen molar-refractivity contribution in [2.45, 2.75) is 0 Å². The number of hydrogen-bond donors (Lipinski definition) is 1. The summed E-state index contributed by atoms with van der Waals surface area (Å²) in [6, 6.07) is 10.3. The number of rotatable bonds is 5. The molecule has 2 heterocycles. The molecule has 0 aliphatic rings. The number of non-ortho nitro benzene ring substituents is 1. The van der Waals surface area contributed by atoms with Gasteiger partial charge in [0.25, 0.3) is 5.69 Å². The minimum absolute atomic E-state index is 0.100. The molecule has 3 aromatic rings. The van der Waals surface area contributed by atoms with Gasteiger partial charge in [0.1, 0.15) is 11.5 Å². The number of carbonyl (C=O) groups excluding carboxylic acids is 1. The lowest BCUT2D eigenvalue weighted by molar-refractivity contribution is -0.384. The average molecular weight is 360 g/mol. The second-order valence-corrected chi connectivity index (χ2v) is 5.21. The first-order valence-electron chi connectivity index (χ1n) is 6.95. The first-order chi connectivity index (χ1) is 12.0. The molecule has 0 aliphatic carbocycles. The molecule has 0 fully saturated rings. The lowest BCUT2D eigenvalue weighted by Crippen LogP contribution is -2.16. The van der Waals surface area contributed by atoms with E-state index in [1.165, 1.54) is 36.7 Å². The van der Waals surface area contributed by atoms with Crippen molar-refractivity contribution in [3.8, 4) is 11.3 Å². The summed E-state index contributed by atoms with van der Waals surface area (Å²) < 4.78 is 10.5. The van der Waals surface area contributed by atoms with Crippen LogP contribution in [0.15, 0.2) is 62.7 Å². The molecule has 2 aromatic heterocycles. The zero-order valence-electron chi connectivity index (χ0n) is 12.5. The van der Waals surface area contributed by atoms with Gasteiger partial charge in [-0.15, -0.1) is 0 Å². The Bertz CT molecular complexity index is 947. The SMILES string of the molecule is O=C(N/N=C\c1ccc(-c2cc([N+](=O)[O-])ccc2Cl)o1)c1ccco1. The largest absolute Gasteiger partial charge is 0.459 e. The predicted molar refractivity (Wildman–Crippen MR) is 89.6 cm³/mol. The first kappa shape index (κ1) is 16.5. The number of carbonyl (C=O) groups is 1. The Kier molecular flexibility index (Phi) is 4.62. The molecule has 1 amide bonds. The summed E-state index contributed by atoms with van der Waals surface area (Å²) in [5.41, 5.74) is 2.56. The highest BCUT2D eigenvalue weighted by Crippen LogP contribution is 2.32. The molecule has 126 valence electrons. The molecular weight excluding hydrogens is 350 g/mol. The fourth-order valence-electron chi connectivity index (χ4n) is 2.00. The average Bonchev–Trinajstić information content (AvgIpc) is 3.27. The van der Waals surface area contributed by atoms with E-state index in [1.807, 2.05) is 0 Å². The van der Waals surface area contributed by atoms with Gasteiger partial charge in [0.15, 0.2) is 5.76 Å². The molecule has 0 spiro atoms. The molecule has 0 bridgehead atoms. The van der Waals surface area contributed by atoms with Crippen molar-refractivity contribution in [1.29, 1.82) is 0 Å². The van der Waals surface area contributed by atoms with E-state index in [0.29, 0.717) is 22.1 Å². The molecule has 3 rings (SSSR count). The molecule has 0 saturated heterocycles. The van der Waals surface area contributed by atoms with Gasteiger partial charge in [-0.2, -0.15) is 5.10 Å². The predicted octanol–water partition coefficient (Wildman–Crippen LogP) is 3.87. The third kappa shape index (κ3) is 3.75. The van der Waals surface area contributed by atoms with Crippen molar-refractivity contribution >= 4 is 29.4 Å². The number of benzene rings is 1. The van der Waals surface area contributed by atoms with Crippen LogP contribution in [-0.4, -0.2) is 17.0 Å². The summed E-state index contributed by atoms with van der Waals surface area (Å²) in [4.78, 5) is 22.0. The van der Waals surface area contributed by atoms with Crippen LogP contribution < -0.4 is 5.43 Å². The molecule has 1 N–H and O–H groups in total. The van der Waals surface area contributed by atoms with Gasteiger partial charge in [-0.3, -0.25) is 14.9 Å². The zero-order chi connectivity index (χ0) is 17.8. The van der Waals surface area contributed by atoms with E-state index in [-0.39, 0.29) is 11.4 Å². The minimum atomic E-state index is -0.519. The maximum absolute atomic E-state index is 11.6. The second kappa shape index (κ2) is 7.02. The highest BCUT2D eigenvalue weighted by Gasteiger charge is 2.14. The Morgan fingerprint density at radius 3 is 2.84 bits per heavy atom. The van der Waals surface area contributed by atoms with Crippen molar-refractivity contribution in [3.05, 3.63) is 75.4 Å². The zero-order valence-corrected chi connectivity index (χ0v) is 13.3. The van der Waals surface area contributed by atoms with Gasteiger partial charge < -0.3 is 8.83 Å². The number of amides is 1. The third-order valence-electron chi connectivity index (χ3n) is 3.16. The number of nitrogens with zero attached hydrogens (tertiary/aromatic N) is 2. The molecule has 0 aliphatic heterocycles. The van der Waals surface area contributed by atoms with Crippen LogP contribution in [0, 0.1) is 10.1 Å². The van der Waals surface area contributed by atoms with E-state index in [2.05, 4.69) is 10.5 Å². The van der Waals surface area contributed by atoms with E-state index in [4.69, 9.17) is 20.4 Å². The van der Waals surface area contributed by atoms with Crippen LogP contribution >= 0.6 is 11.6 Å². The van der Waals surface area contributed by atoms with Crippen molar-refractivity contribution in [1.82, 2.24) is 5.43 Å². The lowest BCUT2D eigenvalue weighted by Gasteiger charge is -2.00. The van der Waals surface area contributed by atoms with Crippen LogP contribution in [0.4, 0.5) is 5.69 Å². The van der Waals surface area contributed by atoms with Gasteiger partial charge in [0.05, 0.1) is 22.4 Å². The summed E-state index contributed by atoms with van der Waals surface area (Å²) in [5, 5.41) is 14.9. The monoisotopic (exact) mass is 359 g/mol. The summed E-state index contributed by atoms with van der Waals surface area (Å²) >= 11 is 6.06. The highest BCUT2D eigenvalue weighted by atomic mass is 35.5. The number of furan rings is 2. The van der Waals surface area contributed by atoms with Crippen molar-refractivity contribution in [2.75, 3.05) is 0 Å². The van der Waals surface area contributed by atoms with Gasteiger partial charge in [-0.05, 0) is 30.3 Å². The molecule has 25 heavy (non-hydrogen) atoms. The summed E-state index contributed by atoms with van der Waals surface area (Å²) in [5.74, 6) is 0.292.